The van der Waals surface area contributed by atoms with Gasteiger partial charge in [-0.1, -0.05) is 13.8 Å². The summed E-state index contributed by atoms with van der Waals surface area (Å²) in [5, 5.41) is 6.53. The summed E-state index contributed by atoms with van der Waals surface area (Å²) in [4.78, 5) is 12.1. The van der Waals surface area contributed by atoms with Gasteiger partial charge >= 0.3 is 6.18 Å². The summed E-state index contributed by atoms with van der Waals surface area (Å²) < 4.78 is 72.9. The topological polar surface area (TPSA) is 54.3 Å². The number of alkyl halides is 3. The Morgan fingerprint density at radius 1 is 1.27 bits per heavy atom. The van der Waals surface area contributed by atoms with E-state index in [9.17, 15) is 26.7 Å². The number of rotatable bonds is 5. The van der Waals surface area contributed by atoms with Crippen molar-refractivity contribution in [3.05, 3.63) is 29.8 Å². The van der Waals surface area contributed by atoms with Gasteiger partial charge in [0.25, 0.3) is 0 Å². The number of anilines is 1. The minimum Gasteiger partial charge on any atom is -0.477 e. The summed E-state index contributed by atoms with van der Waals surface area (Å²) >= 11 is 0. The number of carbonyl (C=O) groups is 1. The largest absolute Gasteiger partial charge is 0.477 e. The molecule has 0 aliphatic carbocycles. The molecule has 1 aliphatic heterocycles. The van der Waals surface area contributed by atoms with Gasteiger partial charge in [0.15, 0.2) is 11.3 Å². The van der Waals surface area contributed by atoms with Crippen molar-refractivity contribution in [2.24, 2.45) is 16.1 Å². The quantitative estimate of drug-likeness (QED) is 0.581. The molecule has 0 aromatic heterocycles. The molecule has 2 rings (SSSR count). The Labute approximate surface area is 146 Å². The van der Waals surface area contributed by atoms with E-state index in [2.05, 4.69) is 10.2 Å². The highest BCUT2D eigenvalue weighted by Crippen LogP contribution is 2.37. The molecule has 0 spiro atoms. The monoisotopic (exact) mass is 377 g/mol. The zero-order valence-electron chi connectivity index (χ0n) is 14.1. The summed E-state index contributed by atoms with van der Waals surface area (Å²) in [6.07, 6.45) is -4.96. The highest BCUT2D eigenvalue weighted by Gasteiger charge is 2.58. The van der Waals surface area contributed by atoms with E-state index in [0.717, 1.165) is 19.1 Å². The molecule has 5 nitrogen and oxygen atoms in total. The number of amides is 1. The lowest BCUT2D eigenvalue weighted by Gasteiger charge is -2.37. The van der Waals surface area contributed by atoms with Crippen molar-refractivity contribution < 1.29 is 31.5 Å². The molecule has 1 amide bonds. The van der Waals surface area contributed by atoms with E-state index >= 15 is 0 Å². The normalized spacial score (nSPS) is 20.0. The molecule has 0 radical (unpaired) electrons. The SMILES string of the molecule is CC(C)COC1=NN=C(C(F)(F)F)C1(C)N(C=O)c1ccc(F)cc1F. The van der Waals surface area contributed by atoms with Crippen molar-refractivity contribution in [2.75, 3.05) is 11.5 Å². The maximum absolute atomic E-state index is 14.1. The molecule has 142 valence electrons. The number of hydrogen-bond acceptors (Lipinski definition) is 4. The zero-order chi connectivity index (χ0) is 19.7. The molecule has 0 fully saturated rings. The van der Waals surface area contributed by atoms with Gasteiger partial charge in [0, 0.05) is 6.07 Å². The average Bonchev–Trinajstić information content (AvgIpc) is 2.85. The van der Waals surface area contributed by atoms with Gasteiger partial charge in [-0.2, -0.15) is 13.2 Å². The van der Waals surface area contributed by atoms with Crippen LogP contribution >= 0.6 is 0 Å². The molecule has 10 heteroatoms. The summed E-state index contributed by atoms with van der Waals surface area (Å²) in [5.74, 6) is -2.71. The van der Waals surface area contributed by atoms with Gasteiger partial charge in [-0.3, -0.25) is 9.69 Å². The van der Waals surface area contributed by atoms with Crippen LogP contribution in [0.1, 0.15) is 20.8 Å². The Morgan fingerprint density at radius 2 is 1.92 bits per heavy atom. The Kier molecular flexibility index (Phi) is 5.33. The minimum absolute atomic E-state index is 0.00283. The van der Waals surface area contributed by atoms with E-state index in [-0.39, 0.29) is 18.9 Å². The molecule has 1 unspecified atom stereocenters. The smallest absolute Gasteiger partial charge is 0.434 e. The summed E-state index contributed by atoms with van der Waals surface area (Å²) in [7, 11) is 0. The van der Waals surface area contributed by atoms with Gasteiger partial charge in [0.2, 0.25) is 12.3 Å². The Balaban J connectivity index is 2.56. The fraction of sp³-hybridized carbons (Fsp3) is 0.438. The molecule has 0 saturated heterocycles. The second kappa shape index (κ2) is 7.00. The van der Waals surface area contributed by atoms with Gasteiger partial charge in [0.05, 0.1) is 12.3 Å². The predicted molar refractivity (Wildman–Crippen MR) is 85.0 cm³/mol. The maximum Gasteiger partial charge on any atom is 0.434 e. The van der Waals surface area contributed by atoms with Crippen LogP contribution in [-0.2, 0) is 9.53 Å². The molecule has 1 heterocycles. The van der Waals surface area contributed by atoms with Crippen LogP contribution in [0.5, 0.6) is 0 Å². The lowest BCUT2D eigenvalue weighted by molar-refractivity contribution is -0.108. The van der Waals surface area contributed by atoms with Gasteiger partial charge in [0.1, 0.15) is 11.6 Å². The van der Waals surface area contributed by atoms with Gasteiger partial charge < -0.3 is 4.74 Å². The summed E-state index contributed by atoms with van der Waals surface area (Å²) in [6.45, 7) is 4.52. The van der Waals surface area contributed by atoms with Crippen LogP contribution < -0.4 is 4.90 Å². The summed E-state index contributed by atoms with van der Waals surface area (Å²) in [5.41, 5.74) is -4.35. The van der Waals surface area contributed by atoms with E-state index in [1.54, 1.807) is 13.8 Å². The number of ether oxygens (including phenoxy) is 1. The van der Waals surface area contributed by atoms with Crippen LogP contribution in [0.3, 0.4) is 0 Å². The minimum atomic E-state index is -4.96. The molecule has 26 heavy (non-hydrogen) atoms. The van der Waals surface area contributed by atoms with Crippen molar-refractivity contribution in [1.82, 2.24) is 0 Å². The highest BCUT2D eigenvalue weighted by atomic mass is 19.4. The Bertz CT molecular complexity index is 761. The molecular weight excluding hydrogens is 361 g/mol. The second-order valence-corrected chi connectivity index (χ2v) is 6.20. The van der Waals surface area contributed by atoms with Crippen molar-refractivity contribution in [1.29, 1.82) is 0 Å². The number of carbonyl (C=O) groups excluding carboxylic acids is 1. The van der Waals surface area contributed by atoms with Crippen molar-refractivity contribution in [3.63, 3.8) is 0 Å². The number of hydrogen-bond donors (Lipinski definition) is 0. The van der Waals surface area contributed by atoms with Gasteiger partial charge in [-0.05, 0) is 25.0 Å². The molecule has 1 aromatic carbocycles. The van der Waals surface area contributed by atoms with Gasteiger partial charge in [-0.15, -0.1) is 10.2 Å². The molecule has 0 N–H and O–H groups in total. The molecule has 1 aromatic rings. The van der Waals surface area contributed by atoms with E-state index in [1.165, 1.54) is 0 Å². The van der Waals surface area contributed by atoms with E-state index in [0.29, 0.717) is 11.0 Å². The molecule has 1 atom stereocenters. The third-order valence-electron chi connectivity index (χ3n) is 3.70. The first-order chi connectivity index (χ1) is 12.0. The van der Waals surface area contributed by atoms with Gasteiger partial charge in [-0.25, -0.2) is 8.78 Å². The van der Waals surface area contributed by atoms with Crippen LogP contribution in [0.25, 0.3) is 0 Å². The standard InChI is InChI=1S/C16H16F5N3O2/c1-9(2)7-26-14-15(3,13(22-23-14)16(19,20)21)24(8-25)12-5-4-10(17)6-11(12)18/h4-6,8-9H,7H2,1-3H3. The van der Waals surface area contributed by atoms with Crippen molar-refractivity contribution in [2.45, 2.75) is 32.5 Å². The molecule has 0 saturated carbocycles. The van der Waals surface area contributed by atoms with Crippen LogP contribution in [0.2, 0.25) is 0 Å². The van der Waals surface area contributed by atoms with Crippen LogP contribution in [-0.4, -0.2) is 36.3 Å². The number of nitrogens with zero attached hydrogens (tertiary/aromatic N) is 3. The summed E-state index contributed by atoms with van der Waals surface area (Å²) in [6, 6.07) is 2.14. The second-order valence-electron chi connectivity index (χ2n) is 6.20. The van der Waals surface area contributed by atoms with E-state index in [4.69, 9.17) is 4.74 Å². The lowest BCUT2D eigenvalue weighted by Crippen LogP contribution is -2.61. The van der Waals surface area contributed by atoms with Crippen molar-refractivity contribution in [3.8, 4) is 0 Å². The first kappa shape index (κ1) is 19.8. The third kappa shape index (κ3) is 3.54. The fourth-order valence-corrected chi connectivity index (χ4v) is 2.44. The number of halogens is 5. The van der Waals surface area contributed by atoms with Crippen molar-refractivity contribution >= 4 is 23.7 Å². The van der Waals surface area contributed by atoms with E-state index in [1.807, 2.05) is 0 Å². The number of benzene rings is 1. The third-order valence-corrected chi connectivity index (χ3v) is 3.70. The Hall–Kier alpha value is -2.52. The zero-order valence-corrected chi connectivity index (χ0v) is 14.1. The molecule has 0 bridgehead atoms. The first-order valence-electron chi connectivity index (χ1n) is 7.58. The highest BCUT2D eigenvalue weighted by molar-refractivity contribution is 6.22. The van der Waals surface area contributed by atoms with Crippen LogP contribution in [0.15, 0.2) is 28.4 Å². The van der Waals surface area contributed by atoms with E-state index < -0.39 is 40.6 Å². The molecular formula is C16H16F5N3O2. The van der Waals surface area contributed by atoms with Crippen LogP contribution in [0, 0.1) is 17.6 Å². The van der Waals surface area contributed by atoms with Crippen LogP contribution in [0.4, 0.5) is 27.6 Å². The lowest BCUT2D eigenvalue weighted by atomic mass is 9.92. The fourth-order valence-electron chi connectivity index (χ4n) is 2.44. The molecule has 1 aliphatic rings. The first-order valence-corrected chi connectivity index (χ1v) is 7.58. The average molecular weight is 377 g/mol. The Morgan fingerprint density at radius 3 is 2.42 bits per heavy atom. The maximum atomic E-state index is 14.1. The predicted octanol–water partition coefficient (Wildman–Crippen LogP) is 3.69.